The normalized spacial score (nSPS) is 10.1. The van der Waals surface area contributed by atoms with Crippen molar-refractivity contribution in [3.05, 3.63) is 54.1 Å². The number of anilines is 1. The third-order valence-electron chi connectivity index (χ3n) is 2.80. The van der Waals surface area contributed by atoms with Gasteiger partial charge in [-0.1, -0.05) is 24.3 Å². The highest BCUT2D eigenvalue weighted by molar-refractivity contribution is 7.99. The van der Waals surface area contributed by atoms with Crippen LogP contribution in [0.25, 0.3) is 0 Å². The van der Waals surface area contributed by atoms with Gasteiger partial charge < -0.3 is 15.2 Å². The van der Waals surface area contributed by atoms with E-state index in [0.29, 0.717) is 18.0 Å². The molecule has 0 amide bonds. The van der Waals surface area contributed by atoms with E-state index >= 15 is 0 Å². The molecular formula is C16H17NO3S. The Kier molecular flexibility index (Phi) is 5.51. The summed E-state index contributed by atoms with van der Waals surface area (Å²) in [7, 11) is 1.32. The van der Waals surface area contributed by atoms with Crippen molar-refractivity contribution in [2.24, 2.45) is 0 Å². The van der Waals surface area contributed by atoms with E-state index < -0.39 is 5.97 Å². The fourth-order valence-electron chi connectivity index (χ4n) is 1.82. The Bertz CT molecular complexity index is 602. The standard InChI is InChI=1S/C16H17NO3S/c1-19-16(18)15-13(17)8-5-9-14(15)20-10-11-21-12-6-3-2-4-7-12/h2-9H,10-11,17H2,1H3. The summed E-state index contributed by atoms with van der Waals surface area (Å²) >= 11 is 1.69. The van der Waals surface area contributed by atoms with Crippen LogP contribution in [-0.4, -0.2) is 25.4 Å². The van der Waals surface area contributed by atoms with Crippen molar-refractivity contribution in [2.75, 3.05) is 25.2 Å². The number of hydrogen-bond acceptors (Lipinski definition) is 5. The molecule has 21 heavy (non-hydrogen) atoms. The van der Waals surface area contributed by atoms with E-state index in [1.54, 1.807) is 30.0 Å². The second kappa shape index (κ2) is 7.59. The fourth-order valence-corrected chi connectivity index (χ4v) is 2.57. The van der Waals surface area contributed by atoms with Gasteiger partial charge in [-0.05, 0) is 24.3 Å². The maximum absolute atomic E-state index is 11.7. The lowest BCUT2D eigenvalue weighted by Gasteiger charge is -2.11. The number of esters is 1. The molecule has 0 aliphatic heterocycles. The van der Waals surface area contributed by atoms with E-state index in [1.807, 2.05) is 30.3 Å². The van der Waals surface area contributed by atoms with Gasteiger partial charge in [-0.2, -0.15) is 0 Å². The second-order valence-electron chi connectivity index (χ2n) is 4.22. The monoisotopic (exact) mass is 303 g/mol. The molecule has 0 radical (unpaired) electrons. The first-order valence-corrected chi connectivity index (χ1v) is 7.48. The average molecular weight is 303 g/mol. The van der Waals surface area contributed by atoms with Gasteiger partial charge in [0.2, 0.25) is 0 Å². The zero-order valence-corrected chi connectivity index (χ0v) is 12.6. The van der Waals surface area contributed by atoms with Gasteiger partial charge in [-0.25, -0.2) is 4.79 Å². The Hall–Kier alpha value is -2.14. The molecule has 0 saturated heterocycles. The molecule has 0 aliphatic carbocycles. The van der Waals surface area contributed by atoms with E-state index in [-0.39, 0.29) is 5.56 Å². The number of hydrogen-bond donors (Lipinski definition) is 1. The molecule has 2 N–H and O–H groups in total. The van der Waals surface area contributed by atoms with Crippen LogP contribution in [0.2, 0.25) is 0 Å². The highest BCUT2D eigenvalue weighted by atomic mass is 32.2. The van der Waals surface area contributed by atoms with Gasteiger partial charge in [0.1, 0.15) is 11.3 Å². The Morgan fingerprint density at radius 2 is 1.90 bits per heavy atom. The minimum absolute atomic E-state index is 0.282. The number of nitrogens with two attached hydrogens (primary N) is 1. The minimum Gasteiger partial charge on any atom is -0.492 e. The molecule has 0 aromatic heterocycles. The number of benzene rings is 2. The Morgan fingerprint density at radius 1 is 1.14 bits per heavy atom. The van der Waals surface area contributed by atoms with Gasteiger partial charge in [0.15, 0.2) is 0 Å². The van der Waals surface area contributed by atoms with Crippen LogP contribution in [0, 0.1) is 0 Å². The molecule has 2 aromatic rings. The van der Waals surface area contributed by atoms with Crippen molar-refractivity contribution in [1.29, 1.82) is 0 Å². The van der Waals surface area contributed by atoms with Crippen LogP contribution < -0.4 is 10.5 Å². The van der Waals surface area contributed by atoms with Gasteiger partial charge in [0.25, 0.3) is 0 Å². The van der Waals surface area contributed by atoms with E-state index in [2.05, 4.69) is 0 Å². The lowest BCUT2D eigenvalue weighted by molar-refractivity contribution is 0.0597. The van der Waals surface area contributed by atoms with Crippen LogP contribution in [0.5, 0.6) is 5.75 Å². The van der Waals surface area contributed by atoms with Gasteiger partial charge in [-0.15, -0.1) is 11.8 Å². The molecule has 4 nitrogen and oxygen atoms in total. The molecule has 0 heterocycles. The lowest BCUT2D eigenvalue weighted by Crippen LogP contribution is -2.10. The zero-order valence-electron chi connectivity index (χ0n) is 11.7. The van der Waals surface area contributed by atoms with Crippen LogP contribution >= 0.6 is 11.8 Å². The first-order chi connectivity index (χ1) is 10.2. The van der Waals surface area contributed by atoms with E-state index in [1.165, 1.54) is 12.0 Å². The lowest BCUT2D eigenvalue weighted by atomic mass is 10.1. The number of nitrogen functional groups attached to an aromatic ring is 1. The summed E-state index contributed by atoms with van der Waals surface area (Å²) in [5, 5.41) is 0. The van der Waals surface area contributed by atoms with Gasteiger partial charge in [0.05, 0.1) is 13.7 Å². The van der Waals surface area contributed by atoms with Crippen molar-refractivity contribution < 1.29 is 14.3 Å². The van der Waals surface area contributed by atoms with Crippen molar-refractivity contribution in [1.82, 2.24) is 0 Å². The number of rotatable bonds is 6. The summed E-state index contributed by atoms with van der Waals surface area (Å²) < 4.78 is 10.4. The van der Waals surface area contributed by atoms with Crippen molar-refractivity contribution >= 4 is 23.4 Å². The van der Waals surface area contributed by atoms with E-state index in [4.69, 9.17) is 15.2 Å². The summed E-state index contributed by atoms with van der Waals surface area (Å²) in [4.78, 5) is 12.9. The first-order valence-electron chi connectivity index (χ1n) is 6.50. The molecule has 0 atom stereocenters. The Balaban J connectivity index is 1.94. The number of ether oxygens (including phenoxy) is 2. The Labute approximate surface area is 128 Å². The molecule has 2 aromatic carbocycles. The van der Waals surface area contributed by atoms with Crippen LogP contribution in [0.4, 0.5) is 5.69 Å². The predicted octanol–water partition coefficient (Wildman–Crippen LogP) is 3.23. The van der Waals surface area contributed by atoms with Crippen molar-refractivity contribution in [3.63, 3.8) is 0 Å². The van der Waals surface area contributed by atoms with Gasteiger partial charge in [-0.3, -0.25) is 0 Å². The third-order valence-corrected chi connectivity index (χ3v) is 3.78. The molecule has 110 valence electrons. The SMILES string of the molecule is COC(=O)c1c(N)cccc1OCCSc1ccccc1. The zero-order chi connectivity index (χ0) is 15.1. The van der Waals surface area contributed by atoms with Crippen LogP contribution in [0.3, 0.4) is 0 Å². The van der Waals surface area contributed by atoms with E-state index in [0.717, 1.165) is 5.75 Å². The molecule has 5 heteroatoms. The fraction of sp³-hybridized carbons (Fsp3) is 0.188. The Morgan fingerprint density at radius 3 is 2.62 bits per heavy atom. The quantitative estimate of drug-likeness (QED) is 0.384. The smallest absolute Gasteiger partial charge is 0.343 e. The molecule has 2 rings (SSSR count). The predicted molar refractivity (Wildman–Crippen MR) is 84.9 cm³/mol. The maximum Gasteiger partial charge on any atom is 0.343 e. The third kappa shape index (κ3) is 4.16. The molecule has 0 fully saturated rings. The number of carbonyl (C=O) groups is 1. The molecule has 0 aliphatic rings. The van der Waals surface area contributed by atoms with Gasteiger partial charge in [0, 0.05) is 16.3 Å². The highest BCUT2D eigenvalue weighted by Gasteiger charge is 2.16. The minimum atomic E-state index is -0.487. The van der Waals surface area contributed by atoms with Crippen LogP contribution in [-0.2, 0) is 4.74 Å². The summed E-state index contributed by atoms with van der Waals surface area (Å²) in [5.41, 5.74) is 6.45. The summed E-state index contributed by atoms with van der Waals surface area (Å²) in [6, 6.07) is 15.2. The maximum atomic E-state index is 11.7. The van der Waals surface area contributed by atoms with Crippen LogP contribution in [0.1, 0.15) is 10.4 Å². The van der Waals surface area contributed by atoms with Crippen molar-refractivity contribution in [3.8, 4) is 5.75 Å². The number of methoxy groups -OCH3 is 1. The summed E-state index contributed by atoms with van der Waals surface area (Å²) in [5.74, 6) is 0.744. The second-order valence-corrected chi connectivity index (χ2v) is 5.39. The van der Waals surface area contributed by atoms with Crippen molar-refractivity contribution in [2.45, 2.75) is 4.90 Å². The topological polar surface area (TPSA) is 61.5 Å². The summed E-state index contributed by atoms with van der Waals surface area (Å²) in [6.45, 7) is 0.479. The molecule has 0 unspecified atom stereocenters. The highest BCUT2D eigenvalue weighted by Crippen LogP contribution is 2.25. The molecule has 0 spiro atoms. The largest absolute Gasteiger partial charge is 0.492 e. The average Bonchev–Trinajstić information content (AvgIpc) is 2.52. The molecule has 0 bridgehead atoms. The van der Waals surface area contributed by atoms with Crippen LogP contribution in [0.15, 0.2) is 53.4 Å². The van der Waals surface area contributed by atoms with Gasteiger partial charge >= 0.3 is 5.97 Å². The number of carbonyl (C=O) groups excluding carboxylic acids is 1. The molecule has 0 saturated carbocycles. The molecular weight excluding hydrogens is 286 g/mol. The summed E-state index contributed by atoms with van der Waals surface area (Å²) in [6.07, 6.45) is 0. The first kappa shape index (κ1) is 15.3. The van der Waals surface area contributed by atoms with E-state index in [9.17, 15) is 4.79 Å². The number of thioether (sulfide) groups is 1.